The van der Waals surface area contributed by atoms with E-state index in [1.807, 2.05) is 19.1 Å². The first kappa shape index (κ1) is 20.9. The number of methoxy groups -OCH3 is 1. The van der Waals surface area contributed by atoms with Gasteiger partial charge in [0.25, 0.3) is 5.95 Å². The molecule has 0 amide bonds. The minimum Gasteiger partial charge on any atom is -0.595 e. The molecule has 1 saturated heterocycles. The quantitative estimate of drug-likeness (QED) is 0.747. The molecule has 2 N–H and O–H groups in total. The van der Waals surface area contributed by atoms with E-state index in [0.717, 1.165) is 23.3 Å². The molecule has 2 atom stereocenters. The second-order valence-corrected chi connectivity index (χ2v) is 7.11. The highest BCUT2D eigenvalue weighted by Crippen LogP contribution is 2.38. The largest absolute Gasteiger partial charge is 0.595 e. The molecule has 0 spiro atoms. The van der Waals surface area contributed by atoms with Gasteiger partial charge in [0.1, 0.15) is 0 Å². The van der Waals surface area contributed by atoms with Crippen LogP contribution in [0.4, 0.5) is 5.69 Å². The zero-order valence-electron chi connectivity index (χ0n) is 16.9. The SMILES string of the molecule is COc1oc(C2CCC(=CC(C)=Cc3ccc([NH+]([O-])O)cc3)O2)c(C)c(=O)c1C. The minimum absolute atomic E-state index is 0.0926. The molecule has 1 aromatic heterocycles. The monoisotopic (exact) mass is 399 g/mol. The summed E-state index contributed by atoms with van der Waals surface area (Å²) in [5.41, 5.74) is 3.04. The number of allylic oxidation sites excluding steroid dienone is 3. The Bertz CT molecular complexity index is 1000. The lowest BCUT2D eigenvalue weighted by atomic mass is 10.1. The Morgan fingerprint density at radius 1 is 1.28 bits per heavy atom. The van der Waals surface area contributed by atoms with Crippen LogP contribution in [-0.4, -0.2) is 12.3 Å². The zero-order valence-corrected chi connectivity index (χ0v) is 16.9. The lowest BCUT2D eigenvalue weighted by Gasteiger charge is -2.14. The van der Waals surface area contributed by atoms with Gasteiger partial charge in [-0.15, -0.1) is 0 Å². The molecule has 0 bridgehead atoms. The Labute approximate surface area is 169 Å². The van der Waals surface area contributed by atoms with Crippen molar-refractivity contribution in [3.63, 3.8) is 0 Å². The minimum atomic E-state index is -0.945. The van der Waals surface area contributed by atoms with E-state index < -0.39 is 5.23 Å². The van der Waals surface area contributed by atoms with E-state index in [1.165, 1.54) is 7.11 Å². The third-order valence-electron chi connectivity index (χ3n) is 4.92. The van der Waals surface area contributed by atoms with Crippen molar-refractivity contribution in [2.45, 2.75) is 39.7 Å². The summed E-state index contributed by atoms with van der Waals surface area (Å²) in [5.74, 6) is 1.54. The number of ether oxygens (including phenoxy) is 2. The van der Waals surface area contributed by atoms with Crippen molar-refractivity contribution in [2.24, 2.45) is 0 Å². The van der Waals surface area contributed by atoms with Crippen LogP contribution in [0.2, 0.25) is 0 Å². The predicted octanol–water partition coefficient (Wildman–Crippen LogP) is 3.51. The van der Waals surface area contributed by atoms with E-state index >= 15 is 0 Å². The Morgan fingerprint density at radius 2 is 1.97 bits per heavy atom. The van der Waals surface area contributed by atoms with Crippen LogP contribution in [0.15, 0.2) is 50.9 Å². The maximum Gasteiger partial charge on any atom is 0.291 e. The topological polar surface area (TPSA) is 96.4 Å². The number of nitrogens with one attached hydrogen (secondary N) is 1. The summed E-state index contributed by atoms with van der Waals surface area (Å²) in [5, 5.41) is 19.0. The molecule has 1 fully saturated rings. The van der Waals surface area contributed by atoms with Crippen molar-refractivity contribution in [1.29, 1.82) is 0 Å². The zero-order chi connectivity index (χ0) is 21.1. The van der Waals surface area contributed by atoms with E-state index in [2.05, 4.69) is 0 Å². The highest BCUT2D eigenvalue weighted by molar-refractivity contribution is 5.57. The smallest absolute Gasteiger partial charge is 0.291 e. The number of rotatable bonds is 5. The number of quaternary nitrogens is 1. The van der Waals surface area contributed by atoms with Gasteiger partial charge >= 0.3 is 0 Å². The second-order valence-electron chi connectivity index (χ2n) is 7.11. The van der Waals surface area contributed by atoms with E-state index in [0.29, 0.717) is 23.3 Å². The molecular weight excluding hydrogens is 374 g/mol. The predicted molar refractivity (Wildman–Crippen MR) is 108 cm³/mol. The fourth-order valence-electron chi connectivity index (χ4n) is 3.39. The Balaban J connectivity index is 1.77. The average molecular weight is 399 g/mol. The lowest BCUT2D eigenvalue weighted by molar-refractivity contribution is -0.991. The summed E-state index contributed by atoms with van der Waals surface area (Å²) < 4.78 is 17.0. The van der Waals surface area contributed by atoms with Gasteiger partial charge in [0, 0.05) is 24.1 Å². The molecule has 1 aliphatic rings. The summed E-state index contributed by atoms with van der Waals surface area (Å²) in [7, 11) is 1.47. The Kier molecular flexibility index (Phi) is 6.22. The van der Waals surface area contributed by atoms with Gasteiger partial charge in [-0.3, -0.25) is 4.79 Å². The van der Waals surface area contributed by atoms with Gasteiger partial charge in [0.15, 0.2) is 23.0 Å². The van der Waals surface area contributed by atoms with Crippen LogP contribution in [0.3, 0.4) is 0 Å². The molecule has 1 aliphatic heterocycles. The summed E-state index contributed by atoms with van der Waals surface area (Å²) in [6.07, 6.45) is 5.01. The maximum atomic E-state index is 12.4. The molecule has 7 nitrogen and oxygen atoms in total. The standard InChI is InChI=1S/C22H25NO6/c1-13(11-16-5-7-17(8-6-16)23(25)26)12-18-9-10-19(28-18)21-14(2)20(24)15(3)22(27-4)29-21/h5-8,11-12,19,23,25H,9-10H2,1-4H3. The Hall–Kier alpha value is -2.87. The molecule has 0 radical (unpaired) electrons. The molecule has 3 rings (SSSR count). The van der Waals surface area contributed by atoms with Crippen LogP contribution in [0.1, 0.15) is 48.3 Å². The van der Waals surface area contributed by atoms with Gasteiger partial charge in [-0.1, -0.05) is 6.08 Å². The molecule has 2 unspecified atom stereocenters. The van der Waals surface area contributed by atoms with Crippen LogP contribution in [-0.2, 0) is 4.74 Å². The van der Waals surface area contributed by atoms with Gasteiger partial charge < -0.3 is 19.1 Å². The first-order valence-corrected chi connectivity index (χ1v) is 9.37. The van der Waals surface area contributed by atoms with Gasteiger partial charge in [0.2, 0.25) is 0 Å². The van der Waals surface area contributed by atoms with Crippen molar-refractivity contribution >= 4 is 11.8 Å². The highest BCUT2D eigenvalue weighted by Gasteiger charge is 2.28. The second kappa shape index (κ2) is 8.65. The molecule has 154 valence electrons. The van der Waals surface area contributed by atoms with E-state index in [4.69, 9.17) is 19.1 Å². The molecule has 0 aliphatic carbocycles. The highest BCUT2D eigenvalue weighted by atomic mass is 16.8. The number of benzene rings is 1. The maximum absolute atomic E-state index is 12.4. The van der Waals surface area contributed by atoms with Crippen LogP contribution in [0.25, 0.3) is 6.08 Å². The van der Waals surface area contributed by atoms with Gasteiger partial charge in [-0.05, 0) is 56.5 Å². The summed E-state index contributed by atoms with van der Waals surface area (Å²) >= 11 is 0. The van der Waals surface area contributed by atoms with Crippen molar-refractivity contribution < 1.29 is 24.3 Å². The summed E-state index contributed by atoms with van der Waals surface area (Å²) in [6.45, 7) is 5.37. The van der Waals surface area contributed by atoms with Crippen molar-refractivity contribution in [3.05, 3.63) is 79.6 Å². The normalized spacial score (nSPS) is 19.3. The van der Waals surface area contributed by atoms with Crippen molar-refractivity contribution in [2.75, 3.05) is 7.11 Å². The third-order valence-corrected chi connectivity index (χ3v) is 4.92. The van der Waals surface area contributed by atoms with Gasteiger partial charge in [-0.25, -0.2) is 5.21 Å². The summed E-state index contributed by atoms with van der Waals surface area (Å²) in [4.78, 5) is 12.4. The fraction of sp³-hybridized carbons (Fsp3) is 0.318. The molecular formula is C22H25NO6. The molecule has 1 aromatic carbocycles. The fourth-order valence-corrected chi connectivity index (χ4v) is 3.39. The number of hydrogen-bond acceptors (Lipinski definition) is 6. The first-order valence-electron chi connectivity index (χ1n) is 9.37. The lowest BCUT2D eigenvalue weighted by Crippen LogP contribution is -2.99. The first-order chi connectivity index (χ1) is 13.8. The van der Waals surface area contributed by atoms with Crippen LogP contribution >= 0.6 is 0 Å². The van der Waals surface area contributed by atoms with Gasteiger partial charge in [0.05, 0.1) is 18.4 Å². The summed E-state index contributed by atoms with van der Waals surface area (Å²) in [6, 6.07) is 6.68. The van der Waals surface area contributed by atoms with Crippen LogP contribution in [0, 0.1) is 19.1 Å². The van der Waals surface area contributed by atoms with E-state index in [-0.39, 0.29) is 23.2 Å². The average Bonchev–Trinajstić information content (AvgIpc) is 3.14. The van der Waals surface area contributed by atoms with Crippen LogP contribution in [0.5, 0.6) is 5.95 Å². The molecule has 0 saturated carbocycles. The van der Waals surface area contributed by atoms with Gasteiger partial charge in [-0.2, -0.15) is 5.23 Å². The third kappa shape index (κ3) is 4.59. The molecule has 7 heteroatoms. The number of hydrogen-bond donors (Lipinski definition) is 2. The van der Waals surface area contributed by atoms with E-state index in [9.17, 15) is 10.0 Å². The molecule has 2 aromatic rings. The Morgan fingerprint density at radius 3 is 2.59 bits per heavy atom. The van der Waals surface area contributed by atoms with Crippen LogP contribution < -0.4 is 15.4 Å². The molecule has 2 heterocycles. The van der Waals surface area contributed by atoms with Crippen molar-refractivity contribution in [1.82, 2.24) is 0 Å². The van der Waals surface area contributed by atoms with Crippen molar-refractivity contribution in [3.8, 4) is 5.95 Å². The molecule has 29 heavy (non-hydrogen) atoms. The van der Waals surface area contributed by atoms with E-state index in [1.54, 1.807) is 38.1 Å².